The lowest BCUT2D eigenvalue weighted by molar-refractivity contribution is -0.385. The van der Waals surface area contributed by atoms with Crippen molar-refractivity contribution >= 4 is 33.0 Å². The van der Waals surface area contributed by atoms with Gasteiger partial charge in [-0.15, -0.1) is 11.3 Å². The van der Waals surface area contributed by atoms with Crippen molar-refractivity contribution in [3.05, 3.63) is 56.8 Å². The predicted molar refractivity (Wildman–Crippen MR) is 115 cm³/mol. The highest BCUT2D eigenvalue weighted by Crippen LogP contribution is 2.20. The van der Waals surface area contributed by atoms with Gasteiger partial charge in [0.15, 0.2) is 5.96 Å². The maximum atomic E-state index is 12.3. The van der Waals surface area contributed by atoms with E-state index >= 15 is 0 Å². The molecule has 11 heteroatoms. The molecule has 1 atom stereocenters. The molecule has 0 aliphatic rings. The molecule has 3 N–H and O–H groups in total. The first-order valence-corrected chi connectivity index (χ1v) is 11.5. The minimum atomic E-state index is -3.84. The van der Waals surface area contributed by atoms with E-state index in [1.54, 1.807) is 11.3 Å². The molecule has 0 aliphatic carbocycles. The van der Waals surface area contributed by atoms with Gasteiger partial charge in [0.1, 0.15) is 0 Å². The summed E-state index contributed by atoms with van der Waals surface area (Å²) in [6, 6.07) is 9.03. The molecule has 158 valence electrons. The number of hydrogen-bond acceptors (Lipinski definition) is 6. The minimum Gasteiger partial charge on any atom is -0.357 e. The molecule has 0 spiro atoms. The second-order valence-electron chi connectivity index (χ2n) is 6.22. The van der Waals surface area contributed by atoms with Crippen molar-refractivity contribution in [3.8, 4) is 0 Å². The second kappa shape index (κ2) is 10.9. The normalized spacial score (nSPS) is 13.1. The van der Waals surface area contributed by atoms with Crippen molar-refractivity contribution in [2.24, 2.45) is 4.99 Å². The van der Waals surface area contributed by atoms with Gasteiger partial charge in [-0.25, -0.2) is 13.1 Å². The zero-order chi connectivity index (χ0) is 21.3. The number of sulfonamides is 1. The Hall–Kier alpha value is -2.50. The average Bonchev–Trinajstić information content (AvgIpc) is 3.24. The summed E-state index contributed by atoms with van der Waals surface area (Å²) in [7, 11) is -3.84. The Kier molecular flexibility index (Phi) is 8.55. The van der Waals surface area contributed by atoms with Gasteiger partial charge < -0.3 is 10.6 Å². The summed E-state index contributed by atoms with van der Waals surface area (Å²) >= 11 is 1.69. The van der Waals surface area contributed by atoms with Crippen LogP contribution in [0.5, 0.6) is 0 Å². The maximum Gasteiger partial charge on any atom is 0.270 e. The van der Waals surface area contributed by atoms with Crippen LogP contribution >= 0.6 is 11.3 Å². The van der Waals surface area contributed by atoms with Gasteiger partial charge in [-0.2, -0.15) is 0 Å². The smallest absolute Gasteiger partial charge is 0.270 e. The third-order valence-corrected chi connectivity index (χ3v) is 6.51. The second-order valence-corrected chi connectivity index (χ2v) is 8.96. The van der Waals surface area contributed by atoms with Gasteiger partial charge in [-0.05, 0) is 24.4 Å². The first-order chi connectivity index (χ1) is 13.8. The van der Waals surface area contributed by atoms with E-state index in [1.807, 2.05) is 18.4 Å². The van der Waals surface area contributed by atoms with Crippen LogP contribution < -0.4 is 15.4 Å². The first kappa shape index (κ1) is 22.8. The molecular weight excluding hydrogens is 414 g/mol. The number of nitro benzene ring substituents is 1. The Morgan fingerprint density at radius 1 is 1.24 bits per heavy atom. The van der Waals surface area contributed by atoms with Gasteiger partial charge in [-0.3, -0.25) is 15.1 Å². The van der Waals surface area contributed by atoms with E-state index in [2.05, 4.69) is 33.3 Å². The van der Waals surface area contributed by atoms with Crippen LogP contribution in [0.3, 0.4) is 0 Å². The first-order valence-electron chi connectivity index (χ1n) is 9.13. The van der Waals surface area contributed by atoms with Crippen LogP contribution in [-0.2, 0) is 10.0 Å². The number of non-ortho nitro benzene ring substituents is 1. The van der Waals surface area contributed by atoms with Crippen LogP contribution in [0.1, 0.15) is 24.6 Å². The third kappa shape index (κ3) is 7.11. The molecule has 2 aromatic rings. The Labute approximate surface area is 174 Å². The van der Waals surface area contributed by atoms with E-state index in [0.29, 0.717) is 25.6 Å². The lowest BCUT2D eigenvalue weighted by Gasteiger charge is -2.13. The van der Waals surface area contributed by atoms with Crippen molar-refractivity contribution in [3.63, 3.8) is 0 Å². The number of aliphatic imine (C=N–C) groups is 1. The largest absolute Gasteiger partial charge is 0.357 e. The molecule has 0 aliphatic heterocycles. The summed E-state index contributed by atoms with van der Waals surface area (Å²) in [5.74, 6) is 0.892. The summed E-state index contributed by atoms with van der Waals surface area (Å²) in [5, 5.41) is 19.1. The van der Waals surface area contributed by atoms with Gasteiger partial charge in [-0.1, -0.05) is 19.1 Å². The molecule has 0 fully saturated rings. The number of nitrogens with zero attached hydrogens (tertiary/aromatic N) is 2. The van der Waals surface area contributed by atoms with Crippen LogP contribution in [0.15, 0.2) is 51.7 Å². The van der Waals surface area contributed by atoms with E-state index in [1.165, 1.54) is 23.1 Å². The molecule has 29 heavy (non-hydrogen) atoms. The van der Waals surface area contributed by atoms with Gasteiger partial charge in [0.2, 0.25) is 10.0 Å². The summed E-state index contributed by atoms with van der Waals surface area (Å²) in [4.78, 5) is 15.9. The van der Waals surface area contributed by atoms with Crippen molar-refractivity contribution in [2.75, 3.05) is 26.2 Å². The number of benzene rings is 1. The Morgan fingerprint density at radius 2 is 2.03 bits per heavy atom. The molecule has 0 radical (unpaired) electrons. The fraction of sp³-hybridized carbons (Fsp3) is 0.389. The van der Waals surface area contributed by atoms with Gasteiger partial charge in [0.25, 0.3) is 5.69 Å². The van der Waals surface area contributed by atoms with Crippen LogP contribution in [-0.4, -0.2) is 45.5 Å². The van der Waals surface area contributed by atoms with Crippen LogP contribution in [0.2, 0.25) is 0 Å². The number of guanidine groups is 1. The van der Waals surface area contributed by atoms with E-state index < -0.39 is 14.9 Å². The zero-order valence-electron chi connectivity index (χ0n) is 16.3. The molecule has 1 aromatic heterocycles. The Bertz CT molecular complexity index is 929. The molecule has 1 unspecified atom stereocenters. The standard InChI is InChI=1S/C18H25N5O4S2/c1-3-19-18(21-13-14(2)17-8-5-11-28-17)20-9-10-22-29(26,27)16-7-4-6-15(12-16)23(24)25/h4-8,11-12,14,22H,3,9-10,13H2,1-2H3,(H2,19,20,21). The van der Waals surface area contributed by atoms with E-state index in [9.17, 15) is 18.5 Å². The number of hydrogen-bond donors (Lipinski definition) is 3. The number of nitro groups is 1. The van der Waals surface area contributed by atoms with Gasteiger partial charge in [0, 0.05) is 42.6 Å². The number of thiophene rings is 1. The lowest BCUT2D eigenvalue weighted by Crippen LogP contribution is -2.41. The van der Waals surface area contributed by atoms with Crippen LogP contribution in [0.25, 0.3) is 0 Å². The van der Waals surface area contributed by atoms with E-state index in [-0.39, 0.29) is 23.0 Å². The average molecular weight is 440 g/mol. The molecular formula is C18H25N5O4S2. The molecule has 2 rings (SSSR count). The number of rotatable bonds is 10. The molecule has 9 nitrogen and oxygen atoms in total. The fourth-order valence-corrected chi connectivity index (χ4v) is 4.29. The number of nitrogens with one attached hydrogen (secondary N) is 3. The molecule has 0 bridgehead atoms. The summed E-state index contributed by atoms with van der Waals surface area (Å²) in [6.07, 6.45) is 0. The van der Waals surface area contributed by atoms with Crippen molar-refractivity contribution < 1.29 is 13.3 Å². The summed E-state index contributed by atoms with van der Waals surface area (Å²) < 4.78 is 27.1. The minimum absolute atomic E-state index is 0.107. The topological polar surface area (TPSA) is 126 Å². The monoisotopic (exact) mass is 439 g/mol. The Balaban J connectivity index is 1.88. The van der Waals surface area contributed by atoms with E-state index in [4.69, 9.17) is 0 Å². The summed E-state index contributed by atoms with van der Waals surface area (Å²) in [5.41, 5.74) is -0.271. The van der Waals surface area contributed by atoms with Crippen molar-refractivity contribution in [2.45, 2.75) is 24.7 Å². The molecule has 0 saturated heterocycles. The molecule has 0 saturated carbocycles. The quantitative estimate of drug-likeness (QED) is 0.171. The highest BCUT2D eigenvalue weighted by Gasteiger charge is 2.17. The highest BCUT2D eigenvalue weighted by atomic mass is 32.2. The van der Waals surface area contributed by atoms with Crippen molar-refractivity contribution in [1.29, 1.82) is 0 Å². The fourth-order valence-electron chi connectivity index (χ4n) is 2.45. The molecule has 1 aromatic carbocycles. The SMILES string of the molecule is CCNC(=NCC(C)c1cccs1)NCCNS(=O)(=O)c1cccc([N+](=O)[O-])c1. The highest BCUT2D eigenvalue weighted by molar-refractivity contribution is 7.89. The van der Waals surface area contributed by atoms with Crippen LogP contribution in [0, 0.1) is 10.1 Å². The van der Waals surface area contributed by atoms with E-state index in [0.717, 1.165) is 6.07 Å². The lowest BCUT2D eigenvalue weighted by atomic mass is 10.1. The predicted octanol–water partition coefficient (Wildman–Crippen LogP) is 2.29. The maximum absolute atomic E-state index is 12.3. The van der Waals surface area contributed by atoms with Crippen LogP contribution in [0.4, 0.5) is 5.69 Å². The van der Waals surface area contributed by atoms with Gasteiger partial charge >= 0.3 is 0 Å². The zero-order valence-corrected chi connectivity index (χ0v) is 17.9. The van der Waals surface area contributed by atoms with Crippen molar-refractivity contribution in [1.82, 2.24) is 15.4 Å². The molecule has 1 heterocycles. The summed E-state index contributed by atoms with van der Waals surface area (Å²) in [6.45, 7) is 5.76. The van der Waals surface area contributed by atoms with Gasteiger partial charge in [0.05, 0.1) is 16.4 Å². The Morgan fingerprint density at radius 3 is 2.69 bits per heavy atom. The third-order valence-electron chi connectivity index (χ3n) is 3.94. The molecule has 0 amide bonds.